The fourth-order valence-electron chi connectivity index (χ4n) is 3.50. The highest BCUT2D eigenvalue weighted by atomic mass is 35.5. The fraction of sp³-hybridized carbons (Fsp3) is 0.0870. The standard InChI is InChI=1S/C23H17ClN2O4/c1-30-18-12-14(9-10-17(18)24)21(27)19-20(15-6-5-11-25-13-15)26(23(29)22(19)28)16-7-3-2-4-8-16/h2-13,20,27H,1H3/b21-19-. The van der Waals surface area contributed by atoms with Crippen LogP contribution in [0, 0.1) is 0 Å². The first-order valence-electron chi connectivity index (χ1n) is 9.13. The Hall–Kier alpha value is -3.64. The molecular weight excluding hydrogens is 404 g/mol. The van der Waals surface area contributed by atoms with Gasteiger partial charge in [-0.1, -0.05) is 35.9 Å². The summed E-state index contributed by atoms with van der Waals surface area (Å²) in [5.74, 6) is -1.47. The van der Waals surface area contributed by atoms with Gasteiger partial charge in [-0.25, -0.2) is 0 Å². The number of aromatic nitrogens is 1. The number of ether oxygens (including phenoxy) is 1. The van der Waals surface area contributed by atoms with Crippen LogP contribution in [-0.4, -0.2) is 28.9 Å². The second-order valence-electron chi connectivity index (χ2n) is 6.64. The molecule has 0 aliphatic carbocycles. The molecule has 1 aliphatic heterocycles. The molecule has 1 fully saturated rings. The van der Waals surface area contributed by atoms with Crippen LogP contribution >= 0.6 is 11.6 Å². The highest BCUT2D eigenvalue weighted by molar-refractivity contribution is 6.51. The van der Waals surface area contributed by atoms with Crippen LogP contribution in [0.1, 0.15) is 17.2 Å². The minimum absolute atomic E-state index is 0.0266. The van der Waals surface area contributed by atoms with Gasteiger partial charge in [-0.2, -0.15) is 0 Å². The molecule has 4 rings (SSSR count). The van der Waals surface area contributed by atoms with Crippen molar-refractivity contribution in [2.45, 2.75) is 6.04 Å². The van der Waals surface area contributed by atoms with E-state index in [1.807, 2.05) is 6.07 Å². The first kappa shape index (κ1) is 19.7. The molecule has 2 aromatic carbocycles. The highest BCUT2D eigenvalue weighted by Crippen LogP contribution is 2.42. The first-order valence-corrected chi connectivity index (χ1v) is 9.50. The molecule has 3 aromatic rings. The summed E-state index contributed by atoms with van der Waals surface area (Å²) in [7, 11) is 1.45. The van der Waals surface area contributed by atoms with Crippen LogP contribution in [0.5, 0.6) is 5.75 Å². The number of carbonyl (C=O) groups excluding carboxylic acids is 2. The molecule has 2 heterocycles. The summed E-state index contributed by atoms with van der Waals surface area (Å²) < 4.78 is 5.21. The summed E-state index contributed by atoms with van der Waals surface area (Å²) >= 11 is 6.08. The predicted molar refractivity (Wildman–Crippen MR) is 113 cm³/mol. The van der Waals surface area contributed by atoms with Gasteiger partial charge in [0.1, 0.15) is 11.5 Å². The summed E-state index contributed by atoms with van der Waals surface area (Å²) in [4.78, 5) is 31.5. The maximum absolute atomic E-state index is 13.0. The predicted octanol–water partition coefficient (Wildman–Crippen LogP) is 4.37. The number of anilines is 1. The average Bonchev–Trinajstić information content (AvgIpc) is 3.05. The summed E-state index contributed by atoms with van der Waals surface area (Å²) in [6.45, 7) is 0. The third kappa shape index (κ3) is 3.31. The molecule has 1 aromatic heterocycles. The SMILES string of the molecule is COc1cc(/C(O)=C2/C(=O)C(=O)N(c3ccccc3)C2c2cccnc2)ccc1Cl. The molecule has 1 amide bonds. The maximum atomic E-state index is 13.0. The number of hydrogen-bond donors (Lipinski definition) is 1. The molecule has 6 nitrogen and oxygen atoms in total. The highest BCUT2D eigenvalue weighted by Gasteiger charge is 2.47. The second-order valence-corrected chi connectivity index (χ2v) is 7.05. The van der Waals surface area contributed by atoms with E-state index in [1.54, 1.807) is 60.9 Å². The second kappa shape index (κ2) is 8.00. The molecular formula is C23H17ClN2O4. The normalized spacial score (nSPS) is 17.9. The van der Waals surface area contributed by atoms with Crippen molar-refractivity contribution in [1.29, 1.82) is 0 Å². The van der Waals surface area contributed by atoms with E-state index in [-0.39, 0.29) is 11.3 Å². The number of aliphatic hydroxyl groups is 1. The third-order valence-corrected chi connectivity index (χ3v) is 5.22. The molecule has 0 spiro atoms. The van der Waals surface area contributed by atoms with Gasteiger partial charge < -0.3 is 9.84 Å². The quantitative estimate of drug-likeness (QED) is 0.385. The molecule has 1 saturated heterocycles. The van der Waals surface area contributed by atoms with Crippen molar-refractivity contribution >= 4 is 34.7 Å². The zero-order valence-corrected chi connectivity index (χ0v) is 16.7. The van der Waals surface area contributed by atoms with Crippen molar-refractivity contribution in [3.05, 3.63) is 94.8 Å². The van der Waals surface area contributed by atoms with Gasteiger partial charge in [0.2, 0.25) is 0 Å². The Morgan fingerprint density at radius 2 is 1.87 bits per heavy atom. The lowest BCUT2D eigenvalue weighted by molar-refractivity contribution is -0.132. The van der Waals surface area contributed by atoms with Crippen LogP contribution in [0.25, 0.3) is 5.76 Å². The summed E-state index contributed by atoms with van der Waals surface area (Å²) in [5, 5.41) is 11.4. The number of benzene rings is 2. The van der Waals surface area contributed by atoms with Gasteiger partial charge in [0.05, 0.1) is 23.7 Å². The number of carbonyl (C=O) groups is 2. The van der Waals surface area contributed by atoms with Crippen LogP contribution in [-0.2, 0) is 9.59 Å². The van der Waals surface area contributed by atoms with Crippen LogP contribution in [0.4, 0.5) is 5.69 Å². The largest absolute Gasteiger partial charge is 0.507 e. The molecule has 1 N–H and O–H groups in total. The zero-order chi connectivity index (χ0) is 21.3. The Morgan fingerprint density at radius 3 is 2.53 bits per heavy atom. The van der Waals surface area contributed by atoms with E-state index in [0.717, 1.165) is 0 Å². The number of rotatable bonds is 4. The van der Waals surface area contributed by atoms with E-state index in [4.69, 9.17) is 16.3 Å². The monoisotopic (exact) mass is 420 g/mol. The van der Waals surface area contributed by atoms with Gasteiger partial charge in [0, 0.05) is 23.6 Å². The van der Waals surface area contributed by atoms with Crippen LogP contribution < -0.4 is 9.64 Å². The molecule has 1 atom stereocenters. The number of nitrogens with zero attached hydrogens (tertiary/aromatic N) is 2. The molecule has 0 saturated carbocycles. The number of methoxy groups -OCH3 is 1. The average molecular weight is 421 g/mol. The molecule has 150 valence electrons. The van der Waals surface area contributed by atoms with E-state index in [2.05, 4.69) is 4.98 Å². The number of para-hydroxylation sites is 1. The number of hydrogen-bond acceptors (Lipinski definition) is 5. The molecule has 0 radical (unpaired) electrons. The summed E-state index contributed by atoms with van der Waals surface area (Å²) in [5.41, 5.74) is 1.43. The van der Waals surface area contributed by atoms with Crippen molar-refractivity contribution in [3.63, 3.8) is 0 Å². The molecule has 1 unspecified atom stereocenters. The molecule has 7 heteroatoms. The zero-order valence-electron chi connectivity index (χ0n) is 15.9. The minimum atomic E-state index is -0.831. The van der Waals surface area contributed by atoms with Gasteiger partial charge in [0.15, 0.2) is 0 Å². The van der Waals surface area contributed by atoms with E-state index in [1.165, 1.54) is 18.1 Å². The Balaban J connectivity index is 1.94. The third-order valence-electron chi connectivity index (χ3n) is 4.90. The van der Waals surface area contributed by atoms with E-state index in [9.17, 15) is 14.7 Å². The van der Waals surface area contributed by atoms with E-state index in [0.29, 0.717) is 27.6 Å². The van der Waals surface area contributed by atoms with Crippen molar-refractivity contribution in [2.24, 2.45) is 0 Å². The Labute approximate surface area is 178 Å². The number of pyridine rings is 1. The molecule has 30 heavy (non-hydrogen) atoms. The Bertz CT molecular complexity index is 1150. The number of halogens is 1. The smallest absolute Gasteiger partial charge is 0.300 e. The van der Waals surface area contributed by atoms with Gasteiger partial charge in [-0.3, -0.25) is 19.5 Å². The molecule has 0 bridgehead atoms. The number of Topliss-reactive ketones (excluding diaryl/α,β-unsaturated/α-hetero) is 1. The topological polar surface area (TPSA) is 79.7 Å². The summed E-state index contributed by atoms with van der Waals surface area (Å²) in [6.07, 6.45) is 3.17. The van der Waals surface area contributed by atoms with Crippen molar-refractivity contribution in [2.75, 3.05) is 12.0 Å². The van der Waals surface area contributed by atoms with Gasteiger partial charge >= 0.3 is 0 Å². The van der Waals surface area contributed by atoms with Crippen LogP contribution in [0.15, 0.2) is 78.6 Å². The number of ketones is 1. The van der Waals surface area contributed by atoms with Crippen LogP contribution in [0.2, 0.25) is 5.02 Å². The number of aliphatic hydroxyl groups excluding tert-OH is 1. The van der Waals surface area contributed by atoms with Crippen molar-refractivity contribution in [1.82, 2.24) is 4.98 Å². The van der Waals surface area contributed by atoms with Crippen molar-refractivity contribution < 1.29 is 19.4 Å². The van der Waals surface area contributed by atoms with Gasteiger partial charge in [-0.15, -0.1) is 0 Å². The lowest BCUT2D eigenvalue weighted by atomic mass is 9.96. The minimum Gasteiger partial charge on any atom is -0.507 e. The summed E-state index contributed by atoms with van der Waals surface area (Å²) in [6, 6.07) is 16.1. The van der Waals surface area contributed by atoms with Crippen LogP contribution in [0.3, 0.4) is 0 Å². The molecule has 1 aliphatic rings. The van der Waals surface area contributed by atoms with Gasteiger partial charge in [-0.05, 0) is 42.0 Å². The van der Waals surface area contributed by atoms with E-state index < -0.39 is 17.7 Å². The fourth-order valence-corrected chi connectivity index (χ4v) is 3.70. The number of amides is 1. The lowest BCUT2D eigenvalue weighted by Crippen LogP contribution is -2.29. The lowest BCUT2D eigenvalue weighted by Gasteiger charge is -2.25. The maximum Gasteiger partial charge on any atom is 0.300 e. The van der Waals surface area contributed by atoms with Crippen molar-refractivity contribution in [3.8, 4) is 5.75 Å². The van der Waals surface area contributed by atoms with Gasteiger partial charge in [0.25, 0.3) is 11.7 Å². The first-order chi connectivity index (χ1) is 14.5. The Morgan fingerprint density at radius 1 is 1.10 bits per heavy atom. The van der Waals surface area contributed by atoms with E-state index >= 15 is 0 Å². The Kier molecular flexibility index (Phi) is 5.25.